The summed E-state index contributed by atoms with van der Waals surface area (Å²) < 4.78 is 54.8. The quantitative estimate of drug-likeness (QED) is 0.689. The second-order valence-electron chi connectivity index (χ2n) is 6.19. The molecule has 2 aromatic rings. The van der Waals surface area contributed by atoms with E-state index >= 15 is 0 Å². The average Bonchev–Trinajstić information content (AvgIpc) is 2.81. The summed E-state index contributed by atoms with van der Waals surface area (Å²) in [6, 6.07) is 5.44. The van der Waals surface area contributed by atoms with Gasteiger partial charge in [0.25, 0.3) is 0 Å². The minimum absolute atomic E-state index is 0.0150. The van der Waals surface area contributed by atoms with E-state index in [4.69, 9.17) is 11.6 Å². The number of anilines is 1. The fourth-order valence-electron chi connectivity index (χ4n) is 3.21. The molecule has 144 valence electrons. The molecular weight excluding hydrogens is 398 g/mol. The van der Waals surface area contributed by atoms with Gasteiger partial charge in [0.15, 0.2) is 0 Å². The Labute approximate surface area is 162 Å². The molecule has 2 heterocycles. The number of rotatable bonds is 1. The number of fused-ring (bicyclic) bond motifs is 3. The number of phenolic OH excluding ortho intramolecular Hbond substituents is 1. The van der Waals surface area contributed by atoms with Crippen molar-refractivity contribution in [3.63, 3.8) is 0 Å². The number of benzene rings is 2. The molecule has 0 aliphatic carbocycles. The van der Waals surface area contributed by atoms with E-state index in [0.29, 0.717) is 18.1 Å². The topological polar surface area (TPSA) is 48.2 Å². The second kappa shape index (κ2) is 6.63. The van der Waals surface area contributed by atoms with Crippen molar-refractivity contribution < 1.29 is 22.7 Å². The molecule has 0 unspecified atom stereocenters. The van der Waals surface area contributed by atoms with Gasteiger partial charge in [-0.15, -0.1) is 0 Å². The zero-order valence-corrected chi connectivity index (χ0v) is 14.9. The molecule has 4 rings (SSSR count). The first-order valence-electron chi connectivity index (χ1n) is 8.20. The summed E-state index contributed by atoms with van der Waals surface area (Å²) >= 11 is 6.18. The lowest BCUT2D eigenvalue weighted by molar-refractivity contribution is -0.137. The number of hydrogen-bond donors (Lipinski definition) is 1. The maximum atomic E-state index is 14.5. The van der Waals surface area contributed by atoms with Crippen LogP contribution in [0.15, 0.2) is 52.6 Å². The van der Waals surface area contributed by atoms with Crippen molar-refractivity contribution >= 4 is 28.8 Å². The first kappa shape index (κ1) is 18.5. The Balaban J connectivity index is 2.04. The summed E-state index contributed by atoms with van der Waals surface area (Å²) in [6.07, 6.45) is -1.38. The predicted octanol–water partition coefficient (Wildman–Crippen LogP) is 4.79. The molecule has 0 radical (unpaired) electrons. The lowest BCUT2D eigenvalue weighted by Gasteiger charge is -2.27. The van der Waals surface area contributed by atoms with Gasteiger partial charge in [0.05, 0.1) is 28.5 Å². The van der Waals surface area contributed by atoms with Crippen LogP contribution in [0.4, 0.5) is 23.2 Å². The third-order valence-corrected chi connectivity index (χ3v) is 4.86. The molecule has 0 spiro atoms. The van der Waals surface area contributed by atoms with Crippen LogP contribution in [-0.4, -0.2) is 29.7 Å². The highest BCUT2D eigenvalue weighted by Crippen LogP contribution is 2.42. The van der Waals surface area contributed by atoms with Crippen molar-refractivity contribution in [2.45, 2.75) is 6.18 Å². The predicted molar refractivity (Wildman–Crippen MR) is 98.9 cm³/mol. The van der Waals surface area contributed by atoms with Gasteiger partial charge in [0, 0.05) is 23.9 Å². The van der Waals surface area contributed by atoms with Gasteiger partial charge in [0.1, 0.15) is 17.4 Å². The molecule has 0 saturated heterocycles. The third kappa shape index (κ3) is 3.03. The Kier molecular flexibility index (Phi) is 4.38. The van der Waals surface area contributed by atoms with Crippen LogP contribution in [0, 0.1) is 5.82 Å². The lowest BCUT2D eigenvalue weighted by atomic mass is 9.97. The van der Waals surface area contributed by atoms with Gasteiger partial charge in [-0.25, -0.2) is 9.38 Å². The molecule has 0 atom stereocenters. The zero-order valence-electron chi connectivity index (χ0n) is 14.1. The average molecular weight is 410 g/mol. The van der Waals surface area contributed by atoms with Gasteiger partial charge >= 0.3 is 6.18 Å². The number of aliphatic imine (C=N–C) groups is 2. The van der Waals surface area contributed by atoms with Crippen molar-refractivity contribution in [2.75, 3.05) is 18.0 Å². The van der Waals surface area contributed by atoms with Crippen LogP contribution in [0.5, 0.6) is 5.75 Å². The normalized spacial score (nSPS) is 16.1. The van der Waals surface area contributed by atoms with E-state index in [1.54, 1.807) is 17.2 Å². The second-order valence-corrected chi connectivity index (χ2v) is 6.57. The summed E-state index contributed by atoms with van der Waals surface area (Å²) in [5.74, 6) is -0.490. The van der Waals surface area contributed by atoms with E-state index < -0.39 is 22.6 Å². The fraction of sp³-hybridized carbons (Fsp3) is 0.158. The van der Waals surface area contributed by atoms with Crippen LogP contribution in [0.25, 0.3) is 0 Å². The van der Waals surface area contributed by atoms with Gasteiger partial charge in [-0.3, -0.25) is 4.99 Å². The first-order valence-corrected chi connectivity index (χ1v) is 8.58. The highest BCUT2D eigenvalue weighted by molar-refractivity contribution is 6.38. The number of aromatic hydroxyl groups is 1. The van der Waals surface area contributed by atoms with Crippen LogP contribution in [0.1, 0.15) is 16.7 Å². The Bertz CT molecular complexity index is 1060. The minimum atomic E-state index is -4.69. The van der Waals surface area contributed by atoms with Crippen LogP contribution in [0.3, 0.4) is 0 Å². The summed E-state index contributed by atoms with van der Waals surface area (Å²) in [7, 11) is 0. The molecule has 1 N–H and O–H groups in total. The molecule has 0 bridgehead atoms. The summed E-state index contributed by atoms with van der Waals surface area (Å²) in [5, 5.41) is 9.19. The molecule has 0 amide bonds. The Morgan fingerprint density at radius 1 is 1.14 bits per heavy atom. The highest BCUT2D eigenvalue weighted by Gasteiger charge is 2.37. The molecule has 2 aliphatic rings. The molecule has 4 nitrogen and oxygen atoms in total. The minimum Gasteiger partial charge on any atom is -0.508 e. The van der Waals surface area contributed by atoms with Gasteiger partial charge in [-0.2, -0.15) is 13.2 Å². The molecule has 2 aliphatic heterocycles. The van der Waals surface area contributed by atoms with Gasteiger partial charge < -0.3 is 10.0 Å². The number of phenols is 1. The largest absolute Gasteiger partial charge is 0.508 e. The van der Waals surface area contributed by atoms with Gasteiger partial charge in [-0.05, 0) is 36.4 Å². The number of nitrogens with zero attached hydrogens (tertiary/aromatic N) is 3. The standard InChI is InChI=1S/C19H12ClF4N3O/c20-17-12(19(22,23)24)3-5-14-16(17)18(11-8-10(28)2-4-13(11)21)26-9-15-25-6-1-7-27(14)15/h1-6,8,28H,7,9H2. The third-order valence-electron chi connectivity index (χ3n) is 4.47. The molecule has 9 heteroatoms. The molecule has 0 aromatic heterocycles. The monoisotopic (exact) mass is 409 g/mol. The van der Waals surface area contributed by atoms with Crippen molar-refractivity contribution in [3.05, 3.63) is 70.1 Å². The van der Waals surface area contributed by atoms with E-state index in [1.165, 1.54) is 6.07 Å². The van der Waals surface area contributed by atoms with Gasteiger partial charge in [0.2, 0.25) is 0 Å². The molecule has 0 saturated carbocycles. The van der Waals surface area contributed by atoms with Gasteiger partial charge in [-0.1, -0.05) is 11.6 Å². The molecular formula is C19H12ClF4N3O. The summed E-state index contributed by atoms with van der Waals surface area (Å²) in [6.45, 7) is 0.375. The highest BCUT2D eigenvalue weighted by atomic mass is 35.5. The van der Waals surface area contributed by atoms with E-state index in [0.717, 1.165) is 24.3 Å². The van der Waals surface area contributed by atoms with Crippen LogP contribution in [-0.2, 0) is 6.18 Å². The van der Waals surface area contributed by atoms with Crippen LogP contribution in [0.2, 0.25) is 5.02 Å². The smallest absolute Gasteiger partial charge is 0.417 e. The number of hydrogen-bond acceptors (Lipinski definition) is 4. The van der Waals surface area contributed by atoms with Crippen molar-refractivity contribution in [2.24, 2.45) is 9.98 Å². The van der Waals surface area contributed by atoms with Crippen molar-refractivity contribution in [1.82, 2.24) is 0 Å². The molecule has 28 heavy (non-hydrogen) atoms. The van der Waals surface area contributed by atoms with Crippen molar-refractivity contribution in [1.29, 1.82) is 0 Å². The Morgan fingerprint density at radius 3 is 2.68 bits per heavy atom. The number of alkyl halides is 3. The number of halogens is 5. The lowest BCUT2D eigenvalue weighted by Crippen LogP contribution is -2.34. The van der Waals surface area contributed by atoms with Crippen molar-refractivity contribution in [3.8, 4) is 5.75 Å². The van der Waals surface area contributed by atoms with E-state index in [1.807, 2.05) is 0 Å². The fourth-order valence-corrected chi connectivity index (χ4v) is 3.56. The maximum Gasteiger partial charge on any atom is 0.417 e. The maximum absolute atomic E-state index is 14.5. The SMILES string of the molecule is Oc1ccc(F)c(C2=NCC3=NC=CCN3c3ccc(C(F)(F)F)c(Cl)c32)c1. The zero-order chi connectivity index (χ0) is 20.1. The Morgan fingerprint density at radius 2 is 1.93 bits per heavy atom. The van der Waals surface area contributed by atoms with Crippen LogP contribution < -0.4 is 4.90 Å². The van der Waals surface area contributed by atoms with E-state index in [9.17, 15) is 22.7 Å². The summed E-state index contributed by atoms with van der Waals surface area (Å²) in [4.78, 5) is 10.2. The van der Waals surface area contributed by atoms with E-state index in [2.05, 4.69) is 9.98 Å². The summed E-state index contributed by atoms with van der Waals surface area (Å²) in [5.41, 5.74) is -0.983. The number of amidine groups is 1. The Hall–Kier alpha value is -2.87. The van der Waals surface area contributed by atoms with Crippen LogP contribution >= 0.6 is 11.6 Å². The van der Waals surface area contributed by atoms with E-state index in [-0.39, 0.29) is 29.1 Å². The molecule has 2 aromatic carbocycles. The first-order chi connectivity index (χ1) is 13.3. The molecule has 0 fully saturated rings.